The zero-order chi connectivity index (χ0) is 8.97. The van der Waals surface area contributed by atoms with Gasteiger partial charge >= 0.3 is 0 Å². The molecule has 0 fully saturated rings. The van der Waals surface area contributed by atoms with Gasteiger partial charge in [-0.25, -0.2) is 9.37 Å². The van der Waals surface area contributed by atoms with Crippen molar-refractivity contribution in [2.24, 2.45) is 0 Å². The third-order valence-electron chi connectivity index (χ3n) is 1.55. The Balaban J connectivity index is 2.47. The monoisotopic (exact) mass is 172 g/mol. The van der Waals surface area contributed by atoms with Crippen LogP contribution in [-0.2, 0) is 0 Å². The molecule has 0 saturated carbocycles. The molecule has 1 aromatic rings. The van der Waals surface area contributed by atoms with E-state index >= 15 is 0 Å². The van der Waals surface area contributed by atoms with Crippen LogP contribution < -0.4 is 5.32 Å². The molecule has 1 aromatic heterocycles. The standard InChI is InChI=1S/C8H13FN2O/c1-6-5-11-8(12-6)7(2)10-4-3-9/h5,7,10H,3-4H2,1-2H3. The summed E-state index contributed by atoms with van der Waals surface area (Å²) in [5.74, 6) is 1.39. The maximum atomic E-state index is 11.8. The molecule has 3 nitrogen and oxygen atoms in total. The number of alkyl halides is 1. The van der Waals surface area contributed by atoms with Gasteiger partial charge in [0.25, 0.3) is 0 Å². The van der Waals surface area contributed by atoms with E-state index in [1.807, 2.05) is 13.8 Å². The number of nitrogens with zero attached hydrogens (tertiary/aromatic N) is 1. The topological polar surface area (TPSA) is 38.1 Å². The number of halogens is 1. The van der Waals surface area contributed by atoms with Crippen LogP contribution in [0.3, 0.4) is 0 Å². The molecule has 1 N–H and O–H groups in total. The summed E-state index contributed by atoms with van der Waals surface area (Å²) in [5.41, 5.74) is 0. The molecule has 68 valence electrons. The molecule has 0 aliphatic rings. The quantitative estimate of drug-likeness (QED) is 0.749. The van der Waals surface area contributed by atoms with Crippen molar-refractivity contribution in [3.05, 3.63) is 17.8 Å². The fourth-order valence-electron chi connectivity index (χ4n) is 0.931. The minimum Gasteiger partial charge on any atom is -0.444 e. The van der Waals surface area contributed by atoms with Crippen LogP contribution in [0.15, 0.2) is 10.6 Å². The van der Waals surface area contributed by atoms with Crippen LogP contribution >= 0.6 is 0 Å². The molecule has 0 bridgehead atoms. The molecule has 1 unspecified atom stereocenters. The second kappa shape index (κ2) is 4.21. The van der Waals surface area contributed by atoms with E-state index in [-0.39, 0.29) is 12.7 Å². The van der Waals surface area contributed by atoms with E-state index in [2.05, 4.69) is 10.3 Å². The van der Waals surface area contributed by atoms with Crippen LogP contribution in [0.1, 0.15) is 24.6 Å². The lowest BCUT2D eigenvalue weighted by Crippen LogP contribution is -2.21. The highest BCUT2D eigenvalue weighted by Gasteiger charge is 2.09. The van der Waals surface area contributed by atoms with E-state index in [4.69, 9.17) is 4.42 Å². The van der Waals surface area contributed by atoms with Crippen LogP contribution in [-0.4, -0.2) is 18.2 Å². The van der Waals surface area contributed by atoms with Crippen LogP contribution in [0, 0.1) is 6.92 Å². The second-order valence-electron chi connectivity index (χ2n) is 2.67. The third kappa shape index (κ3) is 2.30. The summed E-state index contributed by atoms with van der Waals surface area (Å²) in [4.78, 5) is 4.02. The Morgan fingerprint density at radius 3 is 3.00 bits per heavy atom. The molecular formula is C8H13FN2O. The second-order valence-corrected chi connectivity index (χ2v) is 2.67. The van der Waals surface area contributed by atoms with Gasteiger partial charge in [-0.15, -0.1) is 0 Å². The van der Waals surface area contributed by atoms with E-state index in [9.17, 15) is 4.39 Å². The zero-order valence-electron chi connectivity index (χ0n) is 7.30. The predicted octanol–water partition coefficient (Wildman–Crippen LogP) is 1.60. The minimum absolute atomic E-state index is 0.0190. The number of aromatic nitrogens is 1. The fourth-order valence-corrected chi connectivity index (χ4v) is 0.931. The SMILES string of the molecule is Cc1cnc(C(C)NCCF)o1. The summed E-state index contributed by atoms with van der Waals surface area (Å²) >= 11 is 0. The first-order valence-electron chi connectivity index (χ1n) is 3.95. The Bertz CT molecular complexity index is 237. The highest BCUT2D eigenvalue weighted by molar-refractivity contribution is 4.94. The number of oxazole rings is 1. The predicted molar refractivity (Wildman–Crippen MR) is 43.6 cm³/mol. The molecule has 0 radical (unpaired) electrons. The van der Waals surface area contributed by atoms with Crippen LogP contribution in [0.5, 0.6) is 0 Å². The van der Waals surface area contributed by atoms with Gasteiger partial charge in [-0.05, 0) is 13.8 Å². The zero-order valence-corrected chi connectivity index (χ0v) is 7.30. The van der Waals surface area contributed by atoms with E-state index in [0.29, 0.717) is 12.4 Å². The lowest BCUT2D eigenvalue weighted by atomic mass is 10.3. The van der Waals surface area contributed by atoms with Crippen LogP contribution in [0.4, 0.5) is 4.39 Å². The molecule has 0 aliphatic carbocycles. The average Bonchev–Trinajstić information content (AvgIpc) is 2.47. The van der Waals surface area contributed by atoms with Gasteiger partial charge in [0.15, 0.2) is 0 Å². The fraction of sp³-hybridized carbons (Fsp3) is 0.625. The Morgan fingerprint density at radius 1 is 1.75 bits per heavy atom. The average molecular weight is 172 g/mol. The summed E-state index contributed by atoms with van der Waals surface area (Å²) in [6, 6.07) is -0.0190. The number of aryl methyl sites for hydroxylation is 1. The molecule has 0 spiro atoms. The molecule has 0 amide bonds. The summed E-state index contributed by atoms with van der Waals surface area (Å²) in [5, 5.41) is 2.93. The number of hydrogen-bond donors (Lipinski definition) is 1. The Labute approximate surface area is 71.0 Å². The van der Waals surface area contributed by atoms with E-state index < -0.39 is 0 Å². The van der Waals surface area contributed by atoms with Crippen LogP contribution in [0.25, 0.3) is 0 Å². The normalized spacial score (nSPS) is 13.2. The number of nitrogens with one attached hydrogen (secondary N) is 1. The first-order chi connectivity index (χ1) is 5.74. The summed E-state index contributed by atoms with van der Waals surface area (Å²) in [6.07, 6.45) is 1.66. The largest absolute Gasteiger partial charge is 0.444 e. The van der Waals surface area contributed by atoms with E-state index in [1.54, 1.807) is 6.20 Å². The maximum absolute atomic E-state index is 11.8. The van der Waals surface area contributed by atoms with Crippen molar-refractivity contribution in [2.75, 3.05) is 13.2 Å². The first-order valence-corrected chi connectivity index (χ1v) is 3.95. The smallest absolute Gasteiger partial charge is 0.211 e. The van der Waals surface area contributed by atoms with Gasteiger partial charge < -0.3 is 9.73 Å². The van der Waals surface area contributed by atoms with Crippen molar-refractivity contribution in [2.45, 2.75) is 19.9 Å². The lowest BCUT2D eigenvalue weighted by Gasteiger charge is -2.07. The van der Waals surface area contributed by atoms with Gasteiger partial charge in [0.05, 0.1) is 12.2 Å². The van der Waals surface area contributed by atoms with Gasteiger partial charge in [-0.1, -0.05) is 0 Å². The molecule has 1 rings (SSSR count). The van der Waals surface area contributed by atoms with Gasteiger partial charge in [-0.3, -0.25) is 0 Å². The van der Waals surface area contributed by atoms with E-state index in [1.165, 1.54) is 0 Å². The van der Waals surface area contributed by atoms with E-state index in [0.717, 1.165) is 5.76 Å². The van der Waals surface area contributed by atoms with Gasteiger partial charge in [-0.2, -0.15) is 0 Å². The van der Waals surface area contributed by atoms with Crippen molar-refractivity contribution in [3.8, 4) is 0 Å². The van der Waals surface area contributed by atoms with Gasteiger partial charge in [0, 0.05) is 6.54 Å². The van der Waals surface area contributed by atoms with Crippen LogP contribution in [0.2, 0.25) is 0 Å². The highest BCUT2D eigenvalue weighted by Crippen LogP contribution is 2.10. The molecule has 0 aliphatic heterocycles. The third-order valence-corrected chi connectivity index (χ3v) is 1.55. The van der Waals surface area contributed by atoms with Crippen molar-refractivity contribution in [1.82, 2.24) is 10.3 Å². The van der Waals surface area contributed by atoms with Crippen molar-refractivity contribution < 1.29 is 8.81 Å². The van der Waals surface area contributed by atoms with Crippen molar-refractivity contribution in [1.29, 1.82) is 0 Å². The summed E-state index contributed by atoms with van der Waals surface area (Å²) in [6.45, 7) is 3.69. The highest BCUT2D eigenvalue weighted by atomic mass is 19.1. The number of rotatable bonds is 4. The molecule has 1 atom stereocenters. The van der Waals surface area contributed by atoms with Gasteiger partial charge in [0.1, 0.15) is 12.4 Å². The minimum atomic E-state index is -0.371. The molecule has 12 heavy (non-hydrogen) atoms. The summed E-state index contributed by atoms with van der Waals surface area (Å²) < 4.78 is 17.0. The van der Waals surface area contributed by atoms with Crippen molar-refractivity contribution >= 4 is 0 Å². The molecule has 1 heterocycles. The Kier molecular flexibility index (Phi) is 3.22. The molecule has 0 saturated heterocycles. The maximum Gasteiger partial charge on any atom is 0.211 e. The molecule has 4 heteroatoms. The summed E-state index contributed by atoms with van der Waals surface area (Å²) in [7, 11) is 0. The molecule has 0 aromatic carbocycles. The lowest BCUT2D eigenvalue weighted by molar-refractivity contribution is 0.382. The Hall–Kier alpha value is -0.900. The number of hydrogen-bond acceptors (Lipinski definition) is 3. The first kappa shape index (κ1) is 9.19. The van der Waals surface area contributed by atoms with Crippen molar-refractivity contribution in [3.63, 3.8) is 0 Å². The van der Waals surface area contributed by atoms with Gasteiger partial charge in [0.2, 0.25) is 5.89 Å². The Morgan fingerprint density at radius 2 is 2.50 bits per heavy atom. The molecular weight excluding hydrogens is 159 g/mol.